The topological polar surface area (TPSA) is 78.8 Å². The third kappa shape index (κ3) is 2.51. The Kier molecular flexibility index (Phi) is 3.20. The van der Waals surface area contributed by atoms with Crippen molar-refractivity contribution in [2.75, 3.05) is 5.73 Å². The third-order valence-electron chi connectivity index (χ3n) is 3.28. The van der Waals surface area contributed by atoms with Gasteiger partial charge in [0.15, 0.2) is 11.5 Å². The molecule has 0 saturated heterocycles. The molecule has 0 spiro atoms. The van der Waals surface area contributed by atoms with Crippen molar-refractivity contribution in [2.45, 2.75) is 0 Å². The Morgan fingerprint density at radius 1 is 0.905 bits per heavy atom. The summed E-state index contributed by atoms with van der Waals surface area (Å²) in [7, 11) is 0. The maximum atomic E-state index is 9.74. The molecule has 0 bridgehead atoms. The molecule has 0 aliphatic carbocycles. The smallest absolute Gasteiger partial charge is 0.166 e. The van der Waals surface area contributed by atoms with Gasteiger partial charge >= 0.3 is 0 Å². The molecule has 3 aromatic carbocycles. The molecule has 104 valence electrons. The van der Waals surface area contributed by atoms with Crippen LogP contribution in [0, 0.1) is 0 Å². The zero-order valence-corrected chi connectivity index (χ0v) is 11.2. The van der Waals surface area contributed by atoms with Crippen LogP contribution < -0.4 is 5.73 Å². The maximum Gasteiger partial charge on any atom is 0.166 e. The number of hydrogen-bond acceptors (Lipinski definition) is 4. The fraction of sp³-hybridized carbons (Fsp3) is 0. The molecule has 0 saturated carbocycles. The average Bonchev–Trinajstić information content (AvgIpc) is 2.49. The number of anilines is 1. The van der Waals surface area contributed by atoms with Gasteiger partial charge in [-0.3, -0.25) is 4.99 Å². The Balaban J connectivity index is 2.03. The molecular formula is C17H14N2O2. The van der Waals surface area contributed by atoms with Crippen LogP contribution >= 0.6 is 0 Å². The van der Waals surface area contributed by atoms with Crippen molar-refractivity contribution < 1.29 is 10.2 Å². The lowest BCUT2D eigenvalue weighted by Crippen LogP contribution is -1.87. The van der Waals surface area contributed by atoms with Crippen LogP contribution in [-0.2, 0) is 0 Å². The second kappa shape index (κ2) is 5.17. The van der Waals surface area contributed by atoms with Crippen LogP contribution in [0.3, 0.4) is 0 Å². The fourth-order valence-electron chi connectivity index (χ4n) is 2.15. The Hall–Kier alpha value is -3.01. The molecule has 0 unspecified atom stereocenters. The van der Waals surface area contributed by atoms with E-state index in [4.69, 9.17) is 5.73 Å². The highest BCUT2D eigenvalue weighted by molar-refractivity contribution is 5.93. The van der Waals surface area contributed by atoms with E-state index in [-0.39, 0.29) is 11.5 Å². The van der Waals surface area contributed by atoms with Gasteiger partial charge in [0.25, 0.3) is 0 Å². The molecule has 0 aromatic heterocycles. The van der Waals surface area contributed by atoms with Gasteiger partial charge in [-0.2, -0.15) is 0 Å². The minimum absolute atomic E-state index is 0.176. The van der Waals surface area contributed by atoms with E-state index in [0.29, 0.717) is 16.9 Å². The van der Waals surface area contributed by atoms with Crippen LogP contribution in [0.15, 0.2) is 59.6 Å². The first-order valence-electron chi connectivity index (χ1n) is 6.48. The van der Waals surface area contributed by atoms with Crippen LogP contribution in [0.1, 0.15) is 5.56 Å². The molecule has 0 amide bonds. The molecule has 0 radical (unpaired) electrons. The summed E-state index contributed by atoms with van der Waals surface area (Å²) in [6, 6.07) is 16.3. The van der Waals surface area contributed by atoms with Gasteiger partial charge in [-0.1, -0.05) is 30.3 Å². The SMILES string of the molecule is Nc1cc2ccccc2cc1N=Cc1cccc(O)c1O. The average molecular weight is 278 g/mol. The van der Waals surface area contributed by atoms with Crippen molar-refractivity contribution in [2.24, 2.45) is 4.99 Å². The lowest BCUT2D eigenvalue weighted by molar-refractivity contribution is 0.403. The van der Waals surface area contributed by atoms with Crippen LogP contribution in [0.25, 0.3) is 10.8 Å². The van der Waals surface area contributed by atoms with Gasteiger partial charge in [0.2, 0.25) is 0 Å². The molecule has 3 aromatic rings. The predicted molar refractivity (Wildman–Crippen MR) is 85.4 cm³/mol. The Morgan fingerprint density at radius 2 is 1.62 bits per heavy atom. The number of hydrogen-bond donors (Lipinski definition) is 3. The van der Waals surface area contributed by atoms with E-state index in [1.54, 1.807) is 12.1 Å². The van der Waals surface area contributed by atoms with Gasteiger partial charge in [0.1, 0.15) is 0 Å². The van der Waals surface area contributed by atoms with Crippen molar-refractivity contribution in [3.8, 4) is 11.5 Å². The van der Waals surface area contributed by atoms with Gasteiger partial charge in [0.05, 0.1) is 11.4 Å². The molecule has 4 nitrogen and oxygen atoms in total. The van der Waals surface area contributed by atoms with Crippen LogP contribution in [0.5, 0.6) is 11.5 Å². The number of aliphatic imine (C=N–C) groups is 1. The van der Waals surface area contributed by atoms with E-state index in [1.807, 2.05) is 36.4 Å². The predicted octanol–water partition coefficient (Wildman–Crippen LogP) is 3.58. The summed E-state index contributed by atoms with van der Waals surface area (Å²) in [5, 5.41) is 21.3. The second-order valence-electron chi connectivity index (χ2n) is 4.73. The maximum absolute atomic E-state index is 9.74. The van der Waals surface area contributed by atoms with Crippen molar-refractivity contribution >= 4 is 28.4 Å². The first-order chi connectivity index (χ1) is 10.1. The van der Waals surface area contributed by atoms with Gasteiger partial charge in [0, 0.05) is 11.8 Å². The first-order valence-corrected chi connectivity index (χ1v) is 6.48. The standard InChI is InChI=1S/C17H14N2O2/c18-14-8-11-4-1-2-5-12(11)9-15(14)19-10-13-6-3-7-16(20)17(13)21/h1-10,20-21H,18H2. The number of fused-ring (bicyclic) bond motifs is 1. The highest BCUT2D eigenvalue weighted by atomic mass is 16.3. The largest absolute Gasteiger partial charge is 0.504 e. The minimum Gasteiger partial charge on any atom is -0.504 e. The van der Waals surface area contributed by atoms with Crippen LogP contribution in [0.4, 0.5) is 11.4 Å². The van der Waals surface area contributed by atoms with E-state index in [2.05, 4.69) is 4.99 Å². The van der Waals surface area contributed by atoms with E-state index in [0.717, 1.165) is 10.8 Å². The number of nitrogen functional groups attached to an aromatic ring is 1. The summed E-state index contributed by atoms with van der Waals surface area (Å²) in [5.74, 6) is -0.369. The highest BCUT2D eigenvalue weighted by Gasteiger charge is 2.04. The molecule has 0 aliphatic rings. The van der Waals surface area contributed by atoms with Crippen molar-refractivity contribution in [1.82, 2.24) is 0 Å². The number of phenolic OH excluding ortho intramolecular Hbond substituents is 2. The number of nitrogens with zero attached hydrogens (tertiary/aromatic N) is 1. The van der Waals surface area contributed by atoms with E-state index >= 15 is 0 Å². The number of benzene rings is 3. The summed E-state index contributed by atoms with van der Waals surface area (Å²) in [5.41, 5.74) is 7.61. The molecule has 0 heterocycles. The number of phenols is 2. The van der Waals surface area contributed by atoms with E-state index in [1.165, 1.54) is 12.3 Å². The summed E-state index contributed by atoms with van der Waals surface area (Å²) >= 11 is 0. The molecule has 4 N–H and O–H groups in total. The Bertz CT molecular complexity index is 841. The summed E-state index contributed by atoms with van der Waals surface area (Å²) < 4.78 is 0. The van der Waals surface area contributed by atoms with Gasteiger partial charge < -0.3 is 15.9 Å². The number of para-hydroxylation sites is 1. The molecule has 3 rings (SSSR count). The summed E-state index contributed by atoms with van der Waals surface area (Å²) in [6.45, 7) is 0. The van der Waals surface area contributed by atoms with Gasteiger partial charge in [-0.05, 0) is 35.0 Å². The number of aromatic hydroxyl groups is 2. The zero-order chi connectivity index (χ0) is 14.8. The lowest BCUT2D eigenvalue weighted by Gasteiger charge is -2.04. The molecule has 0 aliphatic heterocycles. The van der Waals surface area contributed by atoms with Crippen LogP contribution in [-0.4, -0.2) is 16.4 Å². The fourth-order valence-corrected chi connectivity index (χ4v) is 2.15. The first kappa shape index (κ1) is 13.0. The Labute approximate surface area is 121 Å². The molecular weight excluding hydrogens is 264 g/mol. The number of nitrogens with two attached hydrogens (primary N) is 1. The van der Waals surface area contributed by atoms with Gasteiger partial charge in [-0.15, -0.1) is 0 Å². The van der Waals surface area contributed by atoms with Crippen LogP contribution in [0.2, 0.25) is 0 Å². The number of rotatable bonds is 2. The quantitative estimate of drug-likeness (QED) is 0.381. The normalized spacial score (nSPS) is 11.2. The summed E-state index contributed by atoms with van der Waals surface area (Å²) in [6.07, 6.45) is 1.48. The molecule has 21 heavy (non-hydrogen) atoms. The van der Waals surface area contributed by atoms with E-state index in [9.17, 15) is 10.2 Å². The zero-order valence-electron chi connectivity index (χ0n) is 11.2. The molecule has 4 heteroatoms. The van der Waals surface area contributed by atoms with Crippen molar-refractivity contribution in [3.05, 3.63) is 60.2 Å². The third-order valence-corrected chi connectivity index (χ3v) is 3.28. The van der Waals surface area contributed by atoms with Crippen molar-refractivity contribution in [1.29, 1.82) is 0 Å². The molecule has 0 atom stereocenters. The Morgan fingerprint density at radius 3 is 2.38 bits per heavy atom. The minimum atomic E-state index is -0.194. The summed E-state index contributed by atoms with van der Waals surface area (Å²) in [4.78, 5) is 4.31. The molecule has 0 fully saturated rings. The highest BCUT2D eigenvalue weighted by Crippen LogP contribution is 2.30. The monoisotopic (exact) mass is 278 g/mol. The van der Waals surface area contributed by atoms with Gasteiger partial charge in [-0.25, -0.2) is 0 Å². The van der Waals surface area contributed by atoms with E-state index < -0.39 is 0 Å². The van der Waals surface area contributed by atoms with Crippen molar-refractivity contribution in [3.63, 3.8) is 0 Å². The lowest BCUT2D eigenvalue weighted by atomic mass is 10.1. The second-order valence-corrected chi connectivity index (χ2v) is 4.73.